The number of hydrogen-bond donors (Lipinski definition) is 2. The van der Waals surface area contributed by atoms with E-state index in [1.807, 2.05) is 39.0 Å². The third-order valence-corrected chi connectivity index (χ3v) is 5.95. The quantitative estimate of drug-likeness (QED) is 0.507. The molecule has 0 aliphatic heterocycles. The molecule has 29 heavy (non-hydrogen) atoms. The second-order valence-corrected chi connectivity index (χ2v) is 8.14. The van der Waals surface area contributed by atoms with Crippen LogP contribution in [-0.4, -0.2) is 6.54 Å². The van der Waals surface area contributed by atoms with E-state index in [4.69, 9.17) is 28.9 Å². The van der Waals surface area contributed by atoms with Crippen molar-refractivity contribution in [2.75, 3.05) is 11.9 Å². The van der Waals surface area contributed by atoms with Crippen LogP contribution in [0.4, 0.5) is 5.69 Å². The molecule has 2 aromatic rings. The van der Waals surface area contributed by atoms with Crippen molar-refractivity contribution < 1.29 is 0 Å². The predicted octanol–water partition coefficient (Wildman–Crippen LogP) is 7.77. The Morgan fingerprint density at radius 1 is 1.00 bits per heavy atom. The summed E-state index contributed by atoms with van der Waals surface area (Å²) in [7, 11) is 0. The van der Waals surface area contributed by atoms with Crippen molar-refractivity contribution >= 4 is 34.5 Å². The van der Waals surface area contributed by atoms with Crippen LogP contribution >= 0.6 is 23.2 Å². The maximum atomic E-state index is 6.30. The maximum Gasteiger partial charge on any atom is 0.0455 e. The predicted molar refractivity (Wildman–Crippen MR) is 130 cm³/mol. The molecule has 0 bridgehead atoms. The highest BCUT2D eigenvalue weighted by Gasteiger charge is 2.22. The molecule has 0 saturated carbocycles. The standard InChI is InChI=1S/C23H26Cl2N2.C2H6/c1-14-4-6-18(24)11-21(14)22-12-20(10-17(8-9-26)16(22)3)27-19-7-5-15(2)23(25)13-19;1-2/h4-7,11-13,17,27H,8-10,26H2,1-3H3;1-2H3. The van der Waals surface area contributed by atoms with Gasteiger partial charge in [0.15, 0.2) is 0 Å². The molecule has 1 aliphatic carbocycles. The van der Waals surface area contributed by atoms with Crippen LogP contribution in [0, 0.1) is 19.8 Å². The van der Waals surface area contributed by atoms with Crippen LogP contribution in [0.3, 0.4) is 0 Å². The second-order valence-electron chi connectivity index (χ2n) is 7.29. The Hall–Kier alpha value is -1.74. The maximum absolute atomic E-state index is 6.30. The average Bonchev–Trinajstić information content (AvgIpc) is 2.71. The molecule has 0 aromatic heterocycles. The second kappa shape index (κ2) is 10.9. The lowest BCUT2D eigenvalue weighted by Gasteiger charge is -2.28. The van der Waals surface area contributed by atoms with Crippen molar-refractivity contribution in [2.45, 2.75) is 47.5 Å². The number of anilines is 1. The molecule has 3 rings (SSSR count). The molecule has 156 valence electrons. The third kappa shape index (κ3) is 5.88. The minimum atomic E-state index is 0.414. The molecule has 1 atom stereocenters. The molecule has 0 heterocycles. The van der Waals surface area contributed by atoms with Gasteiger partial charge in [0, 0.05) is 21.4 Å². The highest BCUT2D eigenvalue weighted by molar-refractivity contribution is 6.31. The fourth-order valence-electron chi connectivity index (χ4n) is 3.62. The van der Waals surface area contributed by atoms with Crippen LogP contribution in [-0.2, 0) is 0 Å². The van der Waals surface area contributed by atoms with Gasteiger partial charge in [0.2, 0.25) is 0 Å². The molecule has 2 aromatic carbocycles. The molecule has 4 heteroatoms. The molecule has 0 radical (unpaired) electrons. The van der Waals surface area contributed by atoms with Gasteiger partial charge in [-0.05, 0) is 98.7 Å². The van der Waals surface area contributed by atoms with E-state index in [0.717, 1.165) is 34.1 Å². The first-order valence-corrected chi connectivity index (χ1v) is 11.1. The summed E-state index contributed by atoms with van der Waals surface area (Å²) in [5.74, 6) is 0.414. The Balaban J connectivity index is 0.00000145. The molecule has 0 amide bonds. The van der Waals surface area contributed by atoms with Gasteiger partial charge in [0.25, 0.3) is 0 Å². The van der Waals surface area contributed by atoms with E-state index in [1.165, 1.54) is 28.0 Å². The van der Waals surface area contributed by atoms with Gasteiger partial charge in [0.1, 0.15) is 0 Å². The highest BCUT2D eigenvalue weighted by atomic mass is 35.5. The summed E-state index contributed by atoms with van der Waals surface area (Å²) in [4.78, 5) is 0. The fraction of sp³-hybridized carbons (Fsp3) is 0.360. The van der Waals surface area contributed by atoms with Crippen molar-refractivity contribution in [3.63, 3.8) is 0 Å². The van der Waals surface area contributed by atoms with Crippen LogP contribution < -0.4 is 11.1 Å². The Labute approximate surface area is 185 Å². The Morgan fingerprint density at radius 3 is 2.34 bits per heavy atom. The number of benzene rings is 2. The van der Waals surface area contributed by atoms with Crippen molar-refractivity contribution in [1.82, 2.24) is 0 Å². The fourth-order valence-corrected chi connectivity index (χ4v) is 3.98. The van der Waals surface area contributed by atoms with Crippen LogP contribution in [0.2, 0.25) is 10.0 Å². The lowest BCUT2D eigenvalue weighted by atomic mass is 9.81. The van der Waals surface area contributed by atoms with Gasteiger partial charge in [-0.2, -0.15) is 0 Å². The van der Waals surface area contributed by atoms with Gasteiger partial charge in [-0.25, -0.2) is 0 Å². The number of rotatable bonds is 5. The minimum Gasteiger partial charge on any atom is -0.359 e. The molecule has 3 N–H and O–H groups in total. The summed E-state index contributed by atoms with van der Waals surface area (Å²) in [6, 6.07) is 12.1. The number of halogens is 2. The molecule has 0 fully saturated rings. The van der Waals surface area contributed by atoms with Gasteiger partial charge < -0.3 is 11.1 Å². The van der Waals surface area contributed by atoms with Crippen LogP contribution in [0.15, 0.2) is 53.7 Å². The first-order valence-electron chi connectivity index (χ1n) is 10.3. The number of nitrogens with two attached hydrogens (primary N) is 1. The summed E-state index contributed by atoms with van der Waals surface area (Å²) >= 11 is 12.6. The monoisotopic (exact) mass is 430 g/mol. The van der Waals surface area contributed by atoms with E-state index >= 15 is 0 Å². The summed E-state index contributed by atoms with van der Waals surface area (Å²) in [5.41, 5.74) is 14.2. The van der Waals surface area contributed by atoms with Crippen molar-refractivity contribution in [2.24, 2.45) is 11.7 Å². The van der Waals surface area contributed by atoms with E-state index in [9.17, 15) is 0 Å². The molecular weight excluding hydrogens is 399 g/mol. The average molecular weight is 431 g/mol. The summed E-state index contributed by atoms with van der Waals surface area (Å²) in [6.07, 6.45) is 4.15. The third-order valence-electron chi connectivity index (χ3n) is 5.30. The first-order chi connectivity index (χ1) is 13.9. The number of aryl methyl sites for hydroxylation is 2. The van der Waals surface area contributed by atoms with Crippen LogP contribution in [0.25, 0.3) is 5.57 Å². The SMILES string of the molecule is CC.CC1=C(c2cc(Cl)ccc2C)C=C(Nc2ccc(C)c(Cl)c2)CC1CCN. The van der Waals surface area contributed by atoms with Gasteiger partial charge in [0.05, 0.1) is 0 Å². The summed E-state index contributed by atoms with van der Waals surface area (Å²) in [5, 5.41) is 5.09. The molecular formula is C25H32Cl2N2. The van der Waals surface area contributed by atoms with Crippen molar-refractivity contribution in [1.29, 1.82) is 0 Å². The normalized spacial score (nSPS) is 16.1. The van der Waals surface area contributed by atoms with Gasteiger partial charge in [-0.3, -0.25) is 0 Å². The van der Waals surface area contributed by atoms with Crippen molar-refractivity contribution in [3.8, 4) is 0 Å². The summed E-state index contributed by atoms with van der Waals surface area (Å²) in [6.45, 7) is 11.0. The zero-order chi connectivity index (χ0) is 21.6. The molecule has 2 nitrogen and oxygen atoms in total. The van der Waals surface area contributed by atoms with E-state index in [-0.39, 0.29) is 0 Å². The van der Waals surface area contributed by atoms with E-state index in [1.54, 1.807) is 0 Å². The zero-order valence-corrected chi connectivity index (χ0v) is 19.6. The van der Waals surface area contributed by atoms with E-state index in [2.05, 4.69) is 43.4 Å². The van der Waals surface area contributed by atoms with Crippen LogP contribution in [0.1, 0.15) is 50.3 Å². The molecule has 0 spiro atoms. The van der Waals surface area contributed by atoms with Gasteiger partial charge in [-0.1, -0.05) is 54.8 Å². The molecule has 1 aliphatic rings. The molecule has 0 saturated heterocycles. The summed E-state index contributed by atoms with van der Waals surface area (Å²) < 4.78 is 0. The Morgan fingerprint density at radius 2 is 1.69 bits per heavy atom. The largest absolute Gasteiger partial charge is 0.359 e. The van der Waals surface area contributed by atoms with Gasteiger partial charge in [-0.15, -0.1) is 0 Å². The molecule has 1 unspecified atom stereocenters. The van der Waals surface area contributed by atoms with Crippen LogP contribution in [0.5, 0.6) is 0 Å². The Bertz CT molecular complexity index is 913. The van der Waals surface area contributed by atoms with Gasteiger partial charge >= 0.3 is 0 Å². The number of hydrogen-bond acceptors (Lipinski definition) is 2. The topological polar surface area (TPSA) is 38.0 Å². The van der Waals surface area contributed by atoms with Crippen molar-refractivity contribution in [3.05, 3.63) is 80.5 Å². The minimum absolute atomic E-state index is 0.414. The zero-order valence-electron chi connectivity index (χ0n) is 18.1. The number of nitrogens with one attached hydrogen (secondary N) is 1. The first kappa shape index (κ1) is 23.5. The Kier molecular flexibility index (Phi) is 8.82. The lowest BCUT2D eigenvalue weighted by Crippen LogP contribution is -2.18. The van der Waals surface area contributed by atoms with E-state index in [0.29, 0.717) is 12.5 Å². The highest BCUT2D eigenvalue weighted by Crippen LogP contribution is 2.38. The lowest BCUT2D eigenvalue weighted by molar-refractivity contribution is 0.560. The smallest absolute Gasteiger partial charge is 0.0455 e. The number of allylic oxidation sites excluding steroid dienone is 4. The van der Waals surface area contributed by atoms with E-state index < -0.39 is 0 Å².